The van der Waals surface area contributed by atoms with Crippen LogP contribution >= 0.6 is 34.8 Å². The lowest BCUT2D eigenvalue weighted by molar-refractivity contribution is -0.169. The molecule has 1 aromatic rings. The highest BCUT2D eigenvalue weighted by Crippen LogP contribution is 2.60. The summed E-state index contributed by atoms with van der Waals surface area (Å²) in [5.74, 6) is -2.30. The Morgan fingerprint density at radius 1 is 1.09 bits per heavy atom. The Kier molecular flexibility index (Phi) is 5.73. The number of fused-ring (bicyclic) bond motifs is 2. The number of ether oxygens (including phenoxy) is 1. The summed E-state index contributed by atoms with van der Waals surface area (Å²) in [6, 6.07) is 2.20. The molecule has 4 rings (SSSR count). The van der Waals surface area contributed by atoms with E-state index in [4.69, 9.17) is 39.5 Å². The maximum atomic E-state index is 14.2. The largest absolute Gasteiger partial charge is 0.508 e. The van der Waals surface area contributed by atoms with Crippen LogP contribution in [-0.2, 0) is 4.74 Å². The standard InChI is InChI=1S/C25H29Cl3O5/c1-12-6-7-17(26)22(2,3)15(12)10-25-20(31)14-8-13(29)9-16(30)19(14)21(32)24(25,28)11-18(27)23(4,5)33-25/h8-9,15,17-18,29-30H,1,6-7,10-11H2,2-5H3/t15-,17+,18-,24+,25+/m1/s1. The predicted molar refractivity (Wildman–Crippen MR) is 129 cm³/mol. The van der Waals surface area contributed by atoms with E-state index < -0.39 is 44.2 Å². The van der Waals surface area contributed by atoms with Gasteiger partial charge in [-0.25, -0.2) is 0 Å². The fourth-order valence-corrected chi connectivity index (χ4v) is 6.86. The number of aromatic hydroxyl groups is 2. The third-order valence-corrected chi connectivity index (χ3v) is 10.1. The fourth-order valence-electron chi connectivity index (χ4n) is 5.79. The van der Waals surface area contributed by atoms with Crippen LogP contribution in [0.1, 0.15) is 74.1 Å². The number of alkyl halides is 3. The number of hydrogen-bond donors (Lipinski definition) is 2. The van der Waals surface area contributed by atoms with Gasteiger partial charge < -0.3 is 14.9 Å². The molecule has 3 aliphatic rings. The van der Waals surface area contributed by atoms with Crippen LogP contribution in [0.5, 0.6) is 11.5 Å². The van der Waals surface area contributed by atoms with Crippen molar-refractivity contribution in [1.82, 2.24) is 0 Å². The van der Waals surface area contributed by atoms with Gasteiger partial charge in [-0.15, -0.1) is 34.8 Å². The molecule has 5 nitrogen and oxygen atoms in total. The molecule has 2 fully saturated rings. The fraction of sp³-hybridized carbons (Fsp3) is 0.600. The van der Waals surface area contributed by atoms with Gasteiger partial charge in [-0.2, -0.15) is 0 Å². The van der Waals surface area contributed by atoms with Gasteiger partial charge in [-0.3, -0.25) is 9.59 Å². The Morgan fingerprint density at radius 2 is 1.73 bits per heavy atom. The van der Waals surface area contributed by atoms with Gasteiger partial charge >= 0.3 is 0 Å². The molecule has 0 spiro atoms. The lowest BCUT2D eigenvalue weighted by Gasteiger charge is -2.59. The van der Waals surface area contributed by atoms with Crippen molar-refractivity contribution >= 4 is 46.4 Å². The summed E-state index contributed by atoms with van der Waals surface area (Å²) in [6.45, 7) is 11.8. The number of ketones is 2. The van der Waals surface area contributed by atoms with Crippen molar-refractivity contribution in [3.05, 3.63) is 35.4 Å². The second-order valence-electron chi connectivity index (χ2n) is 10.8. The number of halogens is 3. The minimum Gasteiger partial charge on any atom is -0.508 e. The molecule has 1 saturated heterocycles. The number of benzene rings is 1. The quantitative estimate of drug-likeness (QED) is 0.373. The molecule has 8 heteroatoms. The van der Waals surface area contributed by atoms with Crippen LogP contribution in [0, 0.1) is 11.3 Å². The Labute approximate surface area is 209 Å². The van der Waals surface area contributed by atoms with E-state index in [2.05, 4.69) is 6.58 Å². The van der Waals surface area contributed by atoms with Crippen LogP contribution in [0.3, 0.4) is 0 Å². The van der Waals surface area contributed by atoms with Crippen molar-refractivity contribution in [3.8, 4) is 11.5 Å². The molecule has 0 bridgehead atoms. The van der Waals surface area contributed by atoms with Crippen LogP contribution in [-0.4, -0.2) is 48.6 Å². The number of rotatable bonds is 2. The molecule has 180 valence electrons. The SMILES string of the molecule is C=C1CC[C@H](Cl)C(C)(C)[C@@H]1C[C@@]12OC(C)(C)[C@H](Cl)C[C@]1(Cl)C(=O)c1c(O)cc(O)cc1C2=O. The monoisotopic (exact) mass is 514 g/mol. The van der Waals surface area contributed by atoms with Crippen LogP contribution in [0.4, 0.5) is 0 Å². The first-order chi connectivity index (χ1) is 15.1. The van der Waals surface area contributed by atoms with E-state index in [0.29, 0.717) is 6.42 Å². The molecule has 0 amide bonds. The van der Waals surface area contributed by atoms with Gasteiger partial charge in [0.2, 0.25) is 0 Å². The first kappa shape index (κ1) is 24.8. The normalized spacial score (nSPS) is 37.4. The van der Waals surface area contributed by atoms with Crippen LogP contribution in [0.2, 0.25) is 0 Å². The van der Waals surface area contributed by atoms with Crippen molar-refractivity contribution in [2.75, 3.05) is 0 Å². The van der Waals surface area contributed by atoms with E-state index in [9.17, 15) is 19.8 Å². The third-order valence-electron chi connectivity index (χ3n) is 8.00. The highest BCUT2D eigenvalue weighted by atomic mass is 35.5. The molecule has 2 aliphatic carbocycles. The number of phenolic OH excluding ortho intramolecular Hbond substituents is 2. The summed E-state index contributed by atoms with van der Waals surface area (Å²) >= 11 is 20.4. The number of carbonyl (C=O) groups is 2. The number of allylic oxidation sites excluding steroid dienone is 1. The summed E-state index contributed by atoms with van der Waals surface area (Å²) in [7, 11) is 0. The summed E-state index contributed by atoms with van der Waals surface area (Å²) in [5, 5.41) is 19.7. The maximum absolute atomic E-state index is 14.2. The van der Waals surface area contributed by atoms with Crippen molar-refractivity contribution in [2.24, 2.45) is 11.3 Å². The van der Waals surface area contributed by atoms with Gasteiger partial charge in [0.15, 0.2) is 17.2 Å². The molecular formula is C25H29Cl3O5. The number of Topliss-reactive ketones (excluding diaryl/α,β-unsaturated/α-hetero) is 2. The average molecular weight is 516 g/mol. The summed E-state index contributed by atoms with van der Waals surface area (Å²) in [4.78, 5) is 26.2. The molecule has 2 N–H and O–H groups in total. The Bertz CT molecular complexity index is 1060. The molecule has 1 aromatic carbocycles. The molecule has 5 atom stereocenters. The molecule has 0 radical (unpaired) electrons. The molecule has 33 heavy (non-hydrogen) atoms. The number of carbonyl (C=O) groups excluding carboxylic acids is 2. The molecule has 0 aromatic heterocycles. The van der Waals surface area contributed by atoms with Gasteiger partial charge in [0, 0.05) is 17.0 Å². The highest BCUT2D eigenvalue weighted by Gasteiger charge is 2.71. The van der Waals surface area contributed by atoms with Crippen LogP contribution in [0.15, 0.2) is 24.3 Å². The van der Waals surface area contributed by atoms with E-state index in [0.717, 1.165) is 18.1 Å². The minimum atomic E-state index is -1.84. The highest BCUT2D eigenvalue weighted by molar-refractivity contribution is 6.45. The molecule has 1 saturated carbocycles. The van der Waals surface area contributed by atoms with Crippen LogP contribution < -0.4 is 0 Å². The zero-order valence-corrected chi connectivity index (χ0v) is 21.4. The third kappa shape index (κ3) is 3.37. The molecule has 0 unspecified atom stereocenters. The summed E-state index contributed by atoms with van der Waals surface area (Å²) in [6.07, 6.45) is 1.50. The second-order valence-corrected chi connectivity index (χ2v) is 12.5. The Hall–Kier alpha value is -1.27. The van der Waals surface area contributed by atoms with Gasteiger partial charge in [-0.05, 0) is 56.9 Å². The van der Waals surface area contributed by atoms with E-state index in [1.165, 1.54) is 6.07 Å². The predicted octanol–water partition coefficient (Wildman–Crippen LogP) is 5.99. The average Bonchev–Trinajstić information content (AvgIpc) is 2.69. The van der Waals surface area contributed by atoms with Crippen LogP contribution in [0.25, 0.3) is 0 Å². The van der Waals surface area contributed by atoms with Crippen molar-refractivity contribution < 1.29 is 24.5 Å². The molecule has 1 heterocycles. The van der Waals surface area contributed by atoms with Gasteiger partial charge in [-0.1, -0.05) is 26.0 Å². The lowest BCUT2D eigenvalue weighted by Crippen LogP contribution is -2.73. The lowest BCUT2D eigenvalue weighted by atomic mass is 9.57. The number of phenols is 2. The first-order valence-electron chi connectivity index (χ1n) is 11.1. The van der Waals surface area contributed by atoms with Gasteiger partial charge in [0.1, 0.15) is 16.4 Å². The van der Waals surface area contributed by atoms with Crippen molar-refractivity contribution in [1.29, 1.82) is 0 Å². The van der Waals surface area contributed by atoms with Crippen molar-refractivity contribution in [2.45, 2.75) is 80.2 Å². The zero-order chi connectivity index (χ0) is 24.7. The molecular weight excluding hydrogens is 487 g/mol. The Balaban J connectivity index is 1.97. The van der Waals surface area contributed by atoms with E-state index in [-0.39, 0.29) is 41.0 Å². The Morgan fingerprint density at radius 3 is 2.36 bits per heavy atom. The van der Waals surface area contributed by atoms with E-state index in [1.54, 1.807) is 13.8 Å². The summed E-state index contributed by atoms with van der Waals surface area (Å²) in [5.41, 5.74) is -2.62. The van der Waals surface area contributed by atoms with Gasteiger partial charge in [0.05, 0.1) is 16.5 Å². The first-order valence-corrected chi connectivity index (χ1v) is 12.3. The zero-order valence-electron chi connectivity index (χ0n) is 19.2. The topological polar surface area (TPSA) is 83.8 Å². The minimum absolute atomic E-state index is 0.0304. The van der Waals surface area contributed by atoms with E-state index in [1.807, 2.05) is 13.8 Å². The smallest absolute Gasteiger partial charge is 0.198 e. The van der Waals surface area contributed by atoms with Gasteiger partial charge in [0.25, 0.3) is 0 Å². The van der Waals surface area contributed by atoms with Crippen molar-refractivity contribution in [3.63, 3.8) is 0 Å². The second kappa shape index (κ2) is 7.61. The maximum Gasteiger partial charge on any atom is 0.198 e. The van der Waals surface area contributed by atoms with E-state index >= 15 is 0 Å². The number of hydrogen-bond acceptors (Lipinski definition) is 5. The molecule has 1 aliphatic heterocycles. The summed E-state index contributed by atoms with van der Waals surface area (Å²) < 4.78 is 6.50.